The smallest absolute Gasteiger partial charge is 0.177 e. The molecule has 0 N–H and O–H groups in total. The highest BCUT2D eigenvalue weighted by Gasteiger charge is 2.16. The molecule has 0 spiro atoms. The van der Waals surface area contributed by atoms with E-state index in [0.29, 0.717) is 19.5 Å². The number of hydrogen-bond acceptors (Lipinski definition) is 3. The lowest BCUT2D eigenvalue weighted by molar-refractivity contribution is 0.0907. The quantitative estimate of drug-likeness (QED) is 0.736. The van der Waals surface area contributed by atoms with Gasteiger partial charge in [-0.15, -0.1) is 0 Å². The van der Waals surface area contributed by atoms with Gasteiger partial charge in [-0.2, -0.15) is 5.26 Å². The van der Waals surface area contributed by atoms with Gasteiger partial charge in [0.15, 0.2) is 5.78 Å². The van der Waals surface area contributed by atoms with Crippen LogP contribution in [-0.2, 0) is 0 Å². The molecule has 19 heavy (non-hydrogen) atoms. The van der Waals surface area contributed by atoms with Crippen molar-refractivity contribution in [1.82, 2.24) is 4.90 Å². The first-order valence-electron chi connectivity index (χ1n) is 6.67. The fourth-order valence-electron chi connectivity index (χ4n) is 2.11. The normalized spacial score (nSPS) is 10.8. The van der Waals surface area contributed by atoms with Crippen molar-refractivity contribution >= 4 is 5.78 Å². The van der Waals surface area contributed by atoms with Crippen molar-refractivity contribution in [3.8, 4) is 6.07 Å². The number of benzene rings is 1. The fourth-order valence-corrected chi connectivity index (χ4v) is 2.11. The summed E-state index contributed by atoms with van der Waals surface area (Å²) in [6.45, 7) is 9.11. The summed E-state index contributed by atoms with van der Waals surface area (Å²) in [6.07, 6.45) is 0.457. The number of aryl methyl sites for hydroxylation is 2. The average Bonchev–Trinajstić information content (AvgIpc) is 2.33. The predicted molar refractivity (Wildman–Crippen MR) is 77.2 cm³/mol. The third-order valence-electron chi connectivity index (χ3n) is 3.27. The molecule has 0 saturated carbocycles. The van der Waals surface area contributed by atoms with Gasteiger partial charge in [0.05, 0.1) is 12.6 Å². The van der Waals surface area contributed by atoms with Crippen LogP contribution in [0.4, 0.5) is 0 Å². The Hall–Kier alpha value is -1.66. The number of carbonyl (C=O) groups excluding carboxylic acids is 1. The largest absolute Gasteiger partial charge is 0.293 e. The van der Waals surface area contributed by atoms with E-state index in [2.05, 4.69) is 6.07 Å². The molecule has 3 nitrogen and oxygen atoms in total. The van der Waals surface area contributed by atoms with Gasteiger partial charge < -0.3 is 0 Å². The van der Waals surface area contributed by atoms with E-state index in [4.69, 9.17) is 5.26 Å². The molecule has 0 unspecified atom stereocenters. The van der Waals surface area contributed by atoms with Crippen molar-refractivity contribution in [3.05, 3.63) is 34.9 Å². The van der Waals surface area contributed by atoms with Gasteiger partial charge >= 0.3 is 0 Å². The average molecular weight is 258 g/mol. The minimum atomic E-state index is 0.129. The minimum absolute atomic E-state index is 0.129. The summed E-state index contributed by atoms with van der Waals surface area (Å²) < 4.78 is 0. The number of carbonyl (C=O) groups is 1. The Labute approximate surface area is 115 Å². The Morgan fingerprint density at radius 2 is 2.05 bits per heavy atom. The summed E-state index contributed by atoms with van der Waals surface area (Å²) >= 11 is 0. The Kier molecular flexibility index (Phi) is 5.72. The van der Waals surface area contributed by atoms with Gasteiger partial charge in [0.1, 0.15) is 0 Å². The summed E-state index contributed by atoms with van der Waals surface area (Å²) in [6, 6.07) is 8.29. The maximum Gasteiger partial charge on any atom is 0.177 e. The SMILES string of the molecule is Cc1ccc(C(=O)CN(CCC#N)C(C)C)c(C)c1. The van der Waals surface area contributed by atoms with E-state index in [1.54, 1.807) is 0 Å². The molecule has 0 aromatic heterocycles. The summed E-state index contributed by atoms with van der Waals surface area (Å²) in [4.78, 5) is 14.4. The van der Waals surface area contributed by atoms with Gasteiger partial charge in [-0.3, -0.25) is 9.69 Å². The lowest BCUT2D eigenvalue weighted by Crippen LogP contribution is -2.36. The zero-order valence-electron chi connectivity index (χ0n) is 12.2. The van der Waals surface area contributed by atoms with E-state index in [-0.39, 0.29) is 11.8 Å². The van der Waals surface area contributed by atoms with Crippen molar-refractivity contribution in [2.75, 3.05) is 13.1 Å². The molecule has 1 rings (SSSR count). The van der Waals surface area contributed by atoms with Crippen LogP contribution in [-0.4, -0.2) is 29.8 Å². The topological polar surface area (TPSA) is 44.1 Å². The predicted octanol–water partition coefficient (Wildman–Crippen LogP) is 3.11. The second kappa shape index (κ2) is 7.06. The number of nitriles is 1. The maximum absolute atomic E-state index is 12.3. The van der Waals surface area contributed by atoms with E-state index in [9.17, 15) is 4.79 Å². The van der Waals surface area contributed by atoms with Crippen LogP contribution in [0.2, 0.25) is 0 Å². The lowest BCUT2D eigenvalue weighted by atomic mass is 10.0. The maximum atomic E-state index is 12.3. The van der Waals surface area contributed by atoms with Crippen LogP contribution < -0.4 is 0 Å². The van der Waals surface area contributed by atoms with Crippen LogP contribution in [0, 0.1) is 25.2 Å². The van der Waals surface area contributed by atoms with Crippen molar-refractivity contribution < 1.29 is 4.79 Å². The van der Waals surface area contributed by atoms with E-state index in [1.807, 2.05) is 50.8 Å². The van der Waals surface area contributed by atoms with Crippen LogP contribution in [0.15, 0.2) is 18.2 Å². The molecule has 0 amide bonds. The molecule has 3 heteroatoms. The van der Waals surface area contributed by atoms with Crippen LogP contribution >= 0.6 is 0 Å². The first-order chi connectivity index (χ1) is 8.95. The van der Waals surface area contributed by atoms with Crippen LogP contribution in [0.3, 0.4) is 0 Å². The number of Topliss-reactive ketones (excluding diaryl/α,β-unsaturated/α-hetero) is 1. The molecule has 0 fully saturated rings. The molecule has 0 saturated heterocycles. The zero-order valence-corrected chi connectivity index (χ0v) is 12.2. The van der Waals surface area contributed by atoms with Crippen molar-refractivity contribution in [3.63, 3.8) is 0 Å². The van der Waals surface area contributed by atoms with Crippen LogP contribution in [0.25, 0.3) is 0 Å². The van der Waals surface area contributed by atoms with E-state index >= 15 is 0 Å². The Morgan fingerprint density at radius 3 is 2.58 bits per heavy atom. The molecular formula is C16H22N2O. The Morgan fingerprint density at radius 1 is 1.37 bits per heavy atom. The third-order valence-corrected chi connectivity index (χ3v) is 3.27. The minimum Gasteiger partial charge on any atom is -0.293 e. The molecule has 102 valence electrons. The first kappa shape index (κ1) is 15.4. The van der Waals surface area contributed by atoms with E-state index in [1.165, 1.54) is 5.56 Å². The third kappa shape index (κ3) is 4.50. The molecule has 0 bridgehead atoms. The summed E-state index contributed by atoms with van der Waals surface area (Å²) in [5, 5.41) is 8.66. The monoisotopic (exact) mass is 258 g/mol. The van der Waals surface area contributed by atoms with Crippen LogP contribution in [0.1, 0.15) is 41.8 Å². The standard InChI is InChI=1S/C16H22N2O/c1-12(2)18(9-5-8-17)11-16(19)15-7-6-13(3)10-14(15)4/h6-7,10,12H,5,9,11H2,1-4H3. The highest BCUT2D eigenvalue weighted by molar-refractivity contribution is 5.99. The van der Waals surface area contributed by atoms with Gasteiger partial charge in [-0.1, -0.05) is 23.8 Å². The van der Waals surface area contributed by atoms with Gasteiger partial charge in [0.2, 0.25) is 0 Å². The fraction of sp³-hybridized carbons (Fsp3) is 0.500. The second-order valence-electron chi connectivity index (χ2n) is 5.21. The molecule has 0 heterocycles. The number of nitrogens with zero attached hydrogens (tertiary/aromatic N) is 2. The molecule has 1 aromatic rings. The lowest BCUT2D eigenvalue weighted by Gasteiger charge is -2.24. The second-order valence-corrected chi connectivity index (χ2v) is 5.21. The number of hydrogen-bond donors (Lipinski definition) is 0. The van der Waals surface area contributed by atoms with E-state index in [0.717, 1.165) is 11.1 Å². The molecule has 1 aromatic carbocycles. The highest BCUT2D eigenvalue weighted by Crippen LogP contribution is 2.13. The highest BCUT2D eigenvalue weighted by atomic mass is 16.1. The molecule has 0 aliphatic heterocycles. The van der Waals surface area contributed by atoms with Crippen molar-refractivity contribution in [1.29, 1.82) is 5.26 Å². The number of rotatable bonds is 6. The Bertz CT molecular complexity index is 486. The van der Waals surface area contributed by atoms with Gasteiger partial charge in [-0.25, -0.2) is 0 Å². The molecule has 0 aliphatic rings. The summed E-state index contributed by atoms with van der Waals surface area (Å²) in [5.74, 6) is 0.129. The molecular weight excluding hydrogens is 236 g/mol. The van der Waals surface area contributed by atoms with Gasteiger partial charge in [0.25, 0.3) is 0 Å². The Balaban J connectivity index is 2.79. The summed E-state index contributed by atoms with van der Waals surface area (Å²) in [5.41, 5.74) is 2.97. The number of ketones is 1. The molecule has 0 aliphatic carbocycles. The van der Waals surface area contributed by atoms with E-state index < -0.39 is 0 Å². The van der Waals surface area contributed by atoms with Gasteiger partial charge in [-0.05, 0) is 33.3 Å². The van der Waals surface area contributed by atoms with Crippen LogP contribution in [0.5, 0.6) is 0 Å². The molecule has 0 atom stereocenters. The molecule has 0 radical (unpaired) electrons. The zero-order chi connectivity index (χ0) is 14.4. The first-order valence-corrected chi connectivity index (χ1v) is 6.67. The summed E-state index contributed by atoms with van der Waals surface area (Å²) in [7, 11) is 0. The van der Waals surface area contributed by atoms with Crippen molar-refractivity contribution in [2.45, 2.75) is 40.2 Å². The van der Waals surface area contributed by atoms with Gasteiger partial charge in [0, 0.05) is 24.6 Å². The van der Waals surface area contributed by atoms with Crippen molar-refractivity contribution in [2.24, 2.45) is 0 Å².